The van der Waals surface area contributed by atoms with Crippen LogP contribution >= 0.6 is 12.6 Å². The Morgan fingerprint density at radius 2 is 1.74 bits per heavy atom. The van der Waals surface area contributed by atoms with Crippen LogP contribution in [0.5, 0.6) is 0 Å². The van der Waals surface area contributed by atoms with E-state index in [2.05, 4.69) is 17.9 Å². The zero-order chi connectivity index (χ0) is 17.4. The highest BCUT2D eigenvalue weighted by atomic mass is 32.1. The van der Waals surface area contributed by atoms with Gasteiger partial charge in [0.2, 0.25) is 5.91 Å². The second kappa shape index (κ2) is 9.10. The molecule has 1 amide bonds. The number of Topliss-reactive ketones (excluding diaryl/α,β-unsaturated/α-hetero) is 1. The van der Waals surface area contributed by atoms with Crippen molar-refractivity contribution in [1.82, 2.24) is 5.32 Å². The summed E-state index contributed by atoms with van der Waals surface area (Å²) in [5, 5.41) is 2.01. The average Bonchev–Trinajstić information content (AvgIpc) is 2.47. The minimum Gasteiger partial charge on any atom is -0.353 e. The van der Waals surface area contributed by atoms with Crippen LogP contribution in [-0.2, 0) is 14.4 Å². The molecule has 122 valence electrons. The first-order valence-corrected chi connectivity index (χ1v) is 7.71. The van der Waals surface area contributed by atoms with Crippen LogP contribution in [0.2, 0.25) is 0 Å². The molecule has 0 spiro atoms. The van der Waals surface area contributed by atoms with Crippen LogP contribution in [0.1, 0.15) is 26.3 Å². The van der Waals surface area contributed by atoms with Crippen molar-refractivity contribution < 1.29 is 14.4 Å². The Balaban J connectivity index is 2.86. The topological polar surface area (TPSA) is 63.2 Å². The van der Waals surface area contributed by atoms with Gasteiger partial charge >= 0.3 is 0 Å². The molecule has 0 heterocycles. The first-order chi connectivity index (χ1) is 10.8. The van der Waals surface area contributed by atoms with E-state index in [1.54, 1.807) is 26.0 Å². The molecule has 0 radical (unpaired) electrons. The van der Waals surface area contributed by atoms with Crippen LogP contribution in [-0.4, -0.2) is 22.8 Å². The minimum absolute atomic E-state index is 0.296. The maximum atomic E-state index is 12.4. The van der Waals surface area contributed by atoms with Gasteiger partial charge in [-0.3, -0.25) is 14.4 Å². The fraction of sp³-hybridized carbons (Fsp3) is 0.278. The molecule has 0 aliphatic rings. The molecule has 0 aliphatic heterocycles. The van der Waals surface area contributed by atoms with E-state index in [0.717, 1.165) is 5.56 Å². The third kappa shape index (κ3) is 6.24. The molecule has 1 rings (SSSR count). The summed E-state index contributed by atoms with van der Waals surface area (Å²) in [4.78, 5) is 35.2. The monoisotopic (exact) mass is 331 g/mol. The summed E-state index contributed by atoms with van der Waals surface area (Å²) in [5.74, 6) is -1.64. The van der Waals surface area contributed by atoms with E-state index in [1.807, 2.05) is 36.4 Å². The lowest BCUT2D eigenvalue weighted by molar-refractivity contribution is -0.127. The Morgan fingerprint density at radius 1 is 1.13 bits per heavy atom. The maximum absolute atomic E-state index is 12.4. The van der Waals surface area contributed by atoms with Gasteiger partial charge in [0.1, 0.15) is 5.92 Å². The van der Waals surface area contributed by atoms with Crippen molar-refractivity contribution in [3.63, 3.8) is 0 Å². The standard InChI is InChI=1S/C18H21NO3S/c1-12(8-7-11-15-9-5-4-6-10-15)17(21)16(18(22)23)13(2)19-14(3)20/h4-11,13,16H,1-3H3,(H,19,20)(H,22,23)/b11-7+,12-8+/t13?,16-/m0/s1. The molecular formula is C18H21NO3S. The number of allylic oxidation sites excluding steroid dienone is 3. The molecule has 0 saturated carbocycles. The molecular weight excluding hydrogens is 310 g/mol. The van der Waals surface area contributed by atoms with Gasteiger partial charge in [0.05, 0.1) is 0 Å². The highest BCUT2D eigenvalue weighted by molar-refractivity contribution is 7.96. The molecule has 0 aromatic heterocycles. The van der Waals surface area contributed by atoms with E-state index in [4.69, 9.17) is 0 Å². The van der Waals surface area contributed by atoms with Crippen LogP contribution in [0.4, 0.5) is 0 Å². The van der Waals surface area contributed by atoms with Crippen LogP contribution < -0.4 is 5.32 Å². The number of benzene rings is 1. The summed E-state index contributed by atoms with van der Waals surface area (Å²) >= 11 is 3.78. The van der Waals surface area contributed by atoms with Gasteiger partial charge in [0.15, 0.2) is 10.9 Å². The quantitative estimate of drug-likeness (QED) is 0.349. The largest absolute Gasteiger partial charge is 0.353 e. The summed E-state index contributed by atoms with van der Waals surface area (Å²) < 4.78 is 0. The van der Waals surface area contributed by atoms with Gasteiger partial charge in [-0.1, -0.05) is 48.6 Å². The molecule has 1 aromatic rings. The van der Waals surface area contributed by atoms with E-state index in [1.165, 1.54) is 6.92 Å². The van der Waals surface area contributed by atoms with Gasteiger partial charge in [-0.05, 0) is 25.0 Å². The van der Waals surface area contributed by atoms with E-state index < -0.39 is 17.1 Å². The lowest BCUT2D eigenvalue weighted by Gasteiger charge is -2.20. The molecule has 1 aromatic carbocycles. The average molecular weight is 331 g/mol. The molecule has 5 heteroatoms. The van der Waals surface area contributed by atoms with E-state index in [9.17, 15) is 14.4 Å². The first kappa shape index (κ1) is 18.9. The summed E-state index contributed by atoms with van der Waals surface area (Å²) in [5.41, 5.74) is 1.44. The van der Waals surface area contributed by atoms with Gasteiger partial charge in [0.25, 0.3) is 0 Å². The smallest absolute Gasteiger partial charge is 0.217 e. The van der Waals surface area contributed by atoms with Crippen LogP contribution in [0.25, 0.3) is 6.08 Å². The zero-order valence-corrected chi connectivity index (χ0v) is 14.3. The predicted molar refractivity (Wildman–Crippen MR) is 95.0 cm³/mol. The molecule has 0 saturated heterocycles. The highest BCUT2D eigenvalue weighted by Gasteiger charge is 2.31. The fourth-order valence-corrected chi connectivity index (χ4v) is 2.49. The molecule has 4 nitrogen and oxygen atoms in total. The number of thiol groups is 1. The summed E-state index contributed by atoms with van der Waals surface area (Å²) in [6.07, 6.45) is 5.27. The molecule has 1 unspecified atom stereocenters. The molecule has 23 heavy (non-hydrogen) atoms. The van der Waals surface area contributed by atoms with E-state index >= 15 is 0 Å². The number of hydrogen-bond acceptors (Lipinski definition) is 3. The van der Waals surface area contributed by atoms with Crippen molar-refractivity contribution >= 4 is 35.5 Å². The van der Waals surface area contributed by atoms with Gasteiger partial charge in [0, 0.05) is 13.0 Å². The van der Waals surface area contributed by atoms with Crippen LogP contribution in [0.3, 0.4) is 0 Å². The van der Waals surface area contributed by atoms with Crippen molar-refractivity contribution in [2.75, 3.05) is 0 Å². The Hall–Kier alpha value is -2.14. The van der Waals surface area contributed by atoms with Gasteiger partial charge < -0.3 is 5.32 Å². The van der Waals surface area contributed by atoms with Crippen molar-refractivity contribution in [1.29, 1.82) is 0 Å². The number of ketones is 1. The minimum atomic E-state index is -0.997. The molecule has 1 N–H and O–H groups in total. The van der Waals surface area contributed by atoms with Gasteiger partial charge in [-0.15, -0.1) is 12.6 Å². The fourth-order valence-electron chi connectivity index (χ4n) is 2.15. The number of amides is 1. The van der Waals surface area contributed by atoms with Gasteiger partial charge in [-0.25, -0.2) is 0 Å². The second-order valence-corrected chi connectivity index (χ2v) is 5.73. The SMILES string of the molecule is CC(=O)NC(C)[C@H](C(=O)S)C(=O)/C(C)=C/C=C/c1ccccc1. The van der Waals surface area contributed by atoms with E-state index in [-0.39, 0.29) is 11.7 Å². The third-order valence-electron chi connectivity index (χ3n) is 3.30. The number of carbonyl (C=O) groups excluding carboxylic acids is 3. The first-order valence-electron chi connectivity index (χ1n) is 7.27. The summed E-state index contributed by atoms with van der Waals surface area (Å²) in [6, 6.07) is 9.05. The van der Waals surface area contributed by atoms with Crippen molar-refractivity contribution in [2.45, 2.75) is 26.8 Å². The highest BCUT2D eigenvalue weighted by Crippen LogP contribution is 2.15. The predicted octanol–water partition coefficient (Wildman–Crippen LogP) is 2.81. The van der Waals surface area contributed by atoms with Crippen LogP contribution in [0.15, 0.2) is 48.1 Å². The van der Waals surface area contributed by atoms with Gasteiger partial charge in [-0.2, -0.15) is 0 Å². The number of rotatable bonds is 7. The maximum Gasteiger partial charge on any atom is 0.217 e. The number of nitrogens with one attached hydrogen (secondary N) is 1. The van der Waals surface area contributed by atoms with Crippen LogP contribution in [0, 0.1) is 5.92 Å². The zero-order valence-electron chi connectivity index (χ0n) is 13.4. The van der Waals surface area contributed by atoms with Crippen molar-refractivity contribution in [3.05, 3.63) is 53.6 Å². The molecule has 2 atom stereocenters. The Morgan fingerprint density at radius 3 is 2.26 bits per heavy atom. The summed E-state index contributed by atoms with van der Waals surface area (Å²) in [7, 11) is 0. The Bertz CT molecular complexity index is 635. The lowest BCUT2D eigenvalue weighted by atomic mass is 9.92. The lowest BCUT2D eigenvalue weighted by Crippen LogP contribution is -2.43. The molecule has 0 bridgehead atoms. The Labute approximate surface area is 142 Å². The number of carbonyl (C=O) groups is 3. The summed E-state index contributed by atoms with van der Waals surface area (Å²) in [6.45, 7) is 4.60. The van der Waals surface area contributed by atoms with Crippen molar-refractivity contribution in [3.8, 4) is 0 Å². The normalized spacial score (nSPS) is 14.3. The second-order valence-electron chi connectivity index (χ2n) is 5.29. The van der Waals surface area contributed by atoms with E-state index in [0.29, 0.717) is 5.57 Å². The van der Waals surface area contributed by atoms with Crippen molar-refractivity contribution in [2.24, 2.45) is 5.92 Å². The molecule has 0 aliphatic carbocycles. The molecule has 0 fully saturated rings. The number of hydrogen-bond donors (Lipinski definition) is 2. The third-order valence-corrected chi connectivity index (χ3v) is 3.58. The Kier molecular flexibility index (Phi) is 7.48.